The molecule has 0 aromatic heterocycles. The van der Waals surface area contributed by atoms with Gasteiger partial charge in [-0.3, -0.25) is 9.59 Å². The Morgan fingerprint density at radius 1 is 1.21 bits per heavy atom. The lowest BCUT2D eigenvalue weighted by Crippen LogP contribution is -2.25. The number of carbonyl (C=O) groups is 2. The van der Waals surface area contributed by atoms with E-state index in [1.807, 2.05) is 0 Å². The SMILES string of the molecule is COC(=O)C(CC=CCBr)C(=O)OC. The highest BCUT2D eigenvalue weighted by Crippen LogP contribution is 2.08. The molecule has 0 saturated heterocycles. The number of allylic oxidation sites excluding steroid dienone is 2. The number of methoxy groups -OCH3 is 2. The molecule has 0 unspecified atom stereocenters. The van der Waals surface area contributed by atoms with Crippen molar-refractivity contribution in [1.82, 2.24) is 0 Å². The summed E-state index contributed by atoms with van der Waals surface area (Å²) in [6.07, 6.45) is 3.83. The Morgan fingerprint density at radius 3 is 2.07 bits per heavy atom. The molecule has 0 heterocycles. The standard InChI is InChI=1S/C9H13BrO4/c1-13-8(11)7(9(12)14-2)5-3-4-6-10/h3-4,7H,5-6H2,1-2H3. The van der Waals surface area contributed by atoms with Crippen LogP contribution in [0, 0.1) is 5.92 Å². The van der Waals surface area contributed by atoms with Gasteiger partial charge in [-0.25, -0.2) is 0 Å². The molecule has 80 valence electrons. The number of carbonyl (C=O) groups excluding carboxylic acids is 2. The maximum Gasteiger partial charge on any atom is 0.320 e. The fraction of sp³-hybridized carbons (Fsp3) is 0.556. The molecule has 0 rings (SSSR count). The van der Waals surface area contributed by atoms with Crippen LogP contribution < -0.4 is 0 Å². The molecule has 0 N–H and O–H groups in total. The first-order valence-electron chi connectivity index (χ1n) is 4.04. The monoisotopic (exact) mass is 264 g/mol. The third-order valence-electron chi connectivity index (χ3n) is 1.60. The van der Waals surface area contributed by atoms with Crippen LogP contribution in [0.15, 0.2) is 12.2 Å². The first-order chi connectivity index (χ1) is 6.67. The van der Waals surface area contributed by atoms with Crippen molar-refractivity contribution in [2.45, 2.75) is 6.42 Å². The molecule has 0 amide bonds. The van der Waals surface area contributed by atoms with E-state index in [4.69, 9.17) is 0 Å². The quantitative estimate of drug-likeness (QED) is 0.325. The highest BCUT2D eigenvalue weighted by Gasteiger charge is 2.26. The predicted octanol–water partition coefficient (Wildman–Crippen LogP) is 1.29. The van der Waals surface area contributed by atoms with Crippen molar-refractivity contribution in [3.63, 3.8) is 0 Å². The van der Waals surface area contributed by atoms with Crippen LogP contribution in [0.3, 0.4) is 0 Å². The average Bonchev–Trinajstić information content (AvgIpc) is 2.22. The minimum atomic E-state index is -0.861. The zero-order valence-corrected chi connectivity index (χ0v) is 9.74. The van der Waals surface area contributed by atoms with E-state index in [1.165, 1.54) is 14.2 Å². The number of hydrogen-bond acceptors (Lipinski definition) is 4. The molecule has 0 aromatic carbocycles. The Balaban J connectivity index is 4.32. The largest absolute Gasteiger partial charge is 0.468 e. The van der Waals surface area contributed by atoms with Crippen LogP contribution in [0.1, 0.15) is 6.42 Å². The summed E-state index contributed by atoms with van der Waals surface area (Å²) in [6.45, 7) is 0. The van der Waals surface area contributed by atoms with Gasteiger partial charge >= 0.3 is 11.9 Å². The fourth-order valence-corrected chi connectivity index (χ4v) is 1.13. The summed E-state index contributed by atoms with van der Waals surface area (Å²) in [5.41, 5.74) is 0. The molecule has 0 saturated carbocycles. The Kier molecular flexibility index (Phi) is 7.10. The topological polar surface area (TPSA) is 52.6 Å². The van der Waals surface area contributed by atoms with Crippen LogP contribution in [-0.4, -0.2) is 31.5 Å². The second-order valence-corrected chi connectivity index (χ2v) is 3.11. The zero-order valence-electron chi connectivity index (χ0n) is 8.16. The smallest absolute Gasteiger partial charge is 0.320 e. The third-order valence-corrected chi connectivity index (χ3v) is 1.97. The molecule has 0 radical (unpaired) electrons. The molecule has 4 nitrogen and oxygen atoms in total. The summed E-state index contributed by atoms with van der Waals surface area (Å²) in [6, 6.07) is 0. The van der Waals surface area contributed by atoms with Crippen molar-refractivity contribution in [2.24, 2.45) is 5.92 Å². The van der Waals surface area contributed by atoms with Gasteiger partial charge in [-0.2, -0.15) is 0 Å². The van der Waals surface area contributed by atoms with Gasteiger partial charge in [-0.15, -0.1) is 0 Å². The van der Waals surface area contributed by atoms with Gasteiger partial charge in [0.25, 0.3) is 0 Å². The minimum Gasteiger partial charge on any atom is -0.468 e. The molecule has 0 bridgehead atoms. The number of halogens is 1. The first kappa shape index (κ1) is 13.2. The van der Waals surface area contributed by atoms with E-state index in [9.17, 15) is 9.59 Å². The average molecular weight is 265 g/mol. The van der Waals surface area contributed by atoms with Crippen molar-refractivity contribution in [2.75, 3.05) is 19.5 Å². The van der Waals surface area contributed by atoms with Gasteiger partial charge in [-0.1, -0.05) is 28.1 Å². The lowest BCUT2D eigenvalue weighted by atomic mass is 10.1. The van der Waals surface area contributed by atoms with E-state index in [0.717, 1.165) is 0 Å². The van der Waals surface area contributed by atoms with Crippen molar-refractivity contribution in [3.05, 3.63) is 12.2 Å². The van der Waals surface area contributed by atoms with Gasteiger partial charge in [-0.05, 0) is 6.42 Å². The molecule has 0 atom stereocenters. The number of esters is 2. The molecule has 0 aromatic rings. The summed E-state index contributed by atoms with van der Waals surface area (Å²) in [5.74, 6) is -2.01. The van der Waals surface area contributed by atoms with Crippen molar-refractivity contribution in [1.29, 1.82) is 0 Å². The zero-order chi connectivity index (χ0) is 11.0. The molecular weight excluding hydrogens is 252 g/mol. The Bertz CT molecular complexity index is 209. The van der Waals surface area contributed by atoms with Crippen molar-refractivity contribution < 1.29 is 19.1 Å². The molecule has 0 aliphatic heterocycles. The molecular formula is C9H13BrO4. The Morgan fingerprint density at radius 2 is 1.71 bits per heavy atom. The third kappa shape index (κ3) is 4.41. The second-order valence-electron chi connectivity index (χ2n) is 2.46. The van der Waals surface area contributed by atoms with Crippen molar-refractivity contribution in [3.8, 4) is 0 Å². The van der Waals surface area contributed by atoms with E-state index < -0.39 is 17.9 Å². The van der Waals surface area contributed by atoms with Gasteiger partial charge < -0.3 is 9.47 Å². The van der Waals surface area contributed by atoms with Crippen LogP contribution in [0.2, 0.25) is 0 Å². The molecule has 0 spiro atoms. The van der Waals surface area contributed by atoms with Crippen LogP contribution in [0.4, 0.5) is 0 Å². The Hall–Kier alpha value is -0.840. The molecule has 0 aliphatic carbocycles. The van der Waals surface area contributed by atoms with E-state index in [0.29, 0.717) is 11.8 Å². The number of ether oxygens (including phenoxy) is 2. The summed E-state index contributed by atoms with van der Waals surface area (Å²) in [4.78, 5) is 22.3. The second kappa shape index (κ2) is 7.55. The van der Waals surface area contributed by atoms with E-state index in [1.54, 1.807) is 12.2 Å². The normalized spacial score (nSPS) is 10.6. The molecule has 5 heteroatoms. The van der Waals surface area contributed by atoms with Crippen LogP contribution in [0.5, 0.6) is 0 Å². The summed E-state index contributed by atoms with van der Waals surface area (Å²) in [5, 5.41) is 0.683. The first-order valence-corrected chi connectivity index (χ1v) is 5.16. The summed E-state index contributed by atoms with van der Waals surface area (Å²) in [7, 11) is 2.49. The molecule has 14 heavy (non-hydrogen) atoms. The van der Waals surface area contributed by atoms with E-state index in [2.05, 4.69) is 25.4 Å². The number of alkyl halides is 1. The van der Waals surface area contributed by atoms with E-state index in [-0.39, 0.29) is 0 Å². The van der Waals surface area contributed by atoms with Crippen LogP contribution in [-0.2, 0) is 19.1 Å². The minimum absolute atomic E-state index is 0.297. The lowest BCUT2D eigenvalue weighted by Gasteiger charge is -2.09. The number of rotatable bonds is 5. The van der Waals surface area contributed by atoms with Gasteiger partial charge in [0.2, 0.25) is 0 Å². The summed E-state index contributed by atoms with van der Waals surface area (Å²) < 4.78 is 8.96. The van der Waals surface area contributed by atoms with Crippen molar-refractivity contribution >= 4 is 27.9 Å². The van der Waals surface area contributed by atoms with Crippen LogP contribution in [0.25, 0.3) is 0 Å². The lowest BCUT2D eigenvalue weighted by molar-refractivity contribution is -0.158. The molecule has 0 aliphatic rings. The summed E-state index contributed by atoms with van der Waals surface area (Å²) >= 11 is 3.19. The highest BCUT2D eigenvalue weighted by atomic mass is 79.9. The van der Waals surface area contributed by atoms with Gasteiger partial charge in [0, 0.05) is 5.33 Å². The molecule has 0 fully saturated rings. The number of hydrogen-bond donors (Lipinski definition) is 0. The van der Waals surface area contributed by atoms with Gasteiger partial charge in [0.15, 0.2) is 5.92 Å². The van der Waals surface area contributed by atoms with Gasteiger partial charge in [0.05, 0.1) is 14.2 Å². The maximum absolute atomic E-state index is 11.1. The maximum atomic E-state index is 11.1. The fourth-order valence-electron chi connectivity index (χ4n) is 0.868. The Labute approximate surface area is 91.4 Å². The van der Waals surface area contributed by atoms with E-state index >= 15 is 0 Å². The predicted molar refractivity (Wildman–Crippen MR) is 55.1 cm³/mol. The van der Waals surface area contributed by atoms with Gasteiger partial charge in [0.1, 0.15) is 0 Å². The highest BCUT2D eigenvalue weighted by molar-refractivity contribution is 9.09. The van der Waals surface area contributed by atoms with Crippen LogP contribution >= 0.6 is 15.9 Å².